The van der Waals surface area contributed by atoms with Crippen molar-refractivity contribution in [3.05, 3.63) is 38.9 Å². The molecule has 1 aliphatic heterocycles. The second-order valence-corrected chi connectivity index (χ2v) is 4.44. The number of rotatable bonds is 2. The molecule has 0 aromatic heterocycles. The van der Waals surface area contributed by atoms with Gasteiger partial charge >= 0.3 is 0 Å². The van der Waals surface area contributed by atoms with Crippen molar-refractivity contribution in [2.45, 2.75) is 19.4 Å². The molecule has 1 aliphatic rings. The third kappa shape index (κ3) is 1.54. The highest BCUT2D eigenvalue weighted by molar-refractivity contribution is 6.43. The van der Waals surface area contributed by atoms with Crippen LogP contribution in [0.1, 0.15) is 19.4 Å². The minimum Gasteiger partial charge on any atom is -0.293 e. The van der Waals surface area contributed by atoms with Crippen LogP contribution in [0.2, 0.25) is 5.02 Å². The zero-order chi connectivity index (χ0) is 12.8. The molecule has 0 amide bonds. The first kappa shape index (κ1) is 11.7. The molecular weight excluding hydrogens is 244 g/mol. The molecule has 0 saturated carbocycles. The van der Waals surface area contributed by atoms with E-state index in [0.29, 0.717) is 16.3 Å². The lowest BCUT2D eigenvalue weighted by molar-refractivity contribution is -0.549. The molecule has 6 heteroatoms. The number of fused-ring (bicyclic) bond motifs is 1. The van der Waals surface area contributed by atoms with Crippen LogP contribution in [-0.2, 0) is 10.3 Å². The van der Waals surface area contributed by atoms with Crippen LogP contribution in [0.25, 0.3) is 0 Å². The molecule has 2 rings (SSSR count). The predicted octanol–water partition coefficient (Wildman–Crippen LogP) is 2.51. The lowest BCUT2D eigenvalue weighted by Crippen LogP contribution is -2.41. The van der Waals surface area contributed by atoms with Crippen molar-refractivity contribution in [1.29, 1.82) is 0 Å². The van der Waals surface area contributed by atoms with Gasteiger partial charge in [-0.05, 0) is 18.2 Å². The Hall–Kier alpha value is -1.75. The van der Waals surface area contributed by atoms with Crippen LogP contribution < -0.4 is 0 Å². The summed E-state index contributed by atoms with van der Waals surface area (Å²) in [4.78, 5) is 26.2. The van der Waals surface area contributed by atoms with Crippen molar-refractivity contribution in [3.8, 4) is 0 Å². The molecule has 0 radical (unpaired) electrons. The third-order valence-corrected chi connectivity index (χ3v) is 3.11. The van der Waals surface area contributed by atoms with E-state index in [4.69, 9.17) is 11.6 Å². The summed E-state index contributed by atoms with van der Waals surface area (Å²) >= 11 is 5.82. The summed E-state index contributed by atoms with van der Waals surface area (Å²) < 4.78 is 0. The van der Waals surface area contributed by atoms with E-state index in [1.807, 2.05) is 0 Å². The maximum atomic E-state index is 11.5. The average Bonchev–Trinajstić information content (AvgIpc) is 2.54. The number of aliphatic imine (C=N–C) groups is 1. The molecule has 1 atom stereocenters. The van der Waals surface area contributed by atoms with Crippen molar-refractivity contribution < 1.29 is 9.72 Å². The summed E-state index contributed by atoms with van der Waals surface area (Å²) in [6.07, 6.45) is 0. The quantitative estimate of drug-likeness (QED) is 0.600. The van der Waals surface area contributed by atoms with Crippen LogP contribution in [0.4, 0.5) is 5.69 Å². The van der Waals surface area contributed by atoms with Gasteiger partial charge in [-0.2, -0.15) is 0 Å². The number of hydrogen-bond acceptors (Lipinski definition) is 4. The van der Waals surface area contributed by atoms with Crippen LogP contribution in [0.15, 0.2) is 23.2 Å². The molecule has 0 spiro atoms. The van der Waals surface area contributed by atoms with E-state index in [2.05, 4.69) is 4.99 Å². The van der Waals surface area contributed by atoms with Crippen LogP contribution in [0.5, 0.6) is 0 Å². The molecule has 1 aromatic rings. The van der Waals surface area contributed by atoms with E-state index in [1.165, 1.54) is 19.9 Å². The first-order valence-corrected chi connectivity index (χ1v) is 5.30. The predicted molar refractivity (Wildman–Crippen MR) is 63.6 cm³/mol. The molecule has 88 valence electrons. The van der Waals surface area contributed by atoms with E-state index in [0.717, 1.165) is 0 Å². The first-order chi connectivity index (χ1) is 7.87. The summed E-state index contributed by atoms with van der Waals surface area (Å²) in [7, 11) is 0. The Balaban J connectivity index is 2.72. The number of nitro groups is 1. The molecule has 1 heterocycles. The monoisotopic (exact) mass is 252 g/mol. The molecule has 0 aliphatic carbocycles. The molecule has 1 unspecified atom stereocenters. The van der Waals surface area contributed by atoms with E-state index in [-0.39, 0.29) is 5.71 Å². The number of Topliss-reactive ketones (excluding diaryl/α,β-unsaturated/α-hetero) is 1. The van der Waals surface area contributed by atoms with Crippen molar-refractivity contribution in [2.75, 3.05) is 0 Å². The second kappa shape index (κ2) is 3.63. The van der Waals surface area contributed by atoms with E-state index >= 15 is 0 Å². The van der Waals surface area contributed by atoms with Crippen molar-refractivity contribution >= 4 is 28.8 Å². The maximum Gasteiger partial charge on any atom is 0.291 e. The Labute approximate surface area is 102 Å². The fourth-order valence-corrected chi connectivity index (χ4v) is 2.13. The van der Waals surface area contributed by atoms with Crippen molar-refractivity contribution in [3.63, 3.8) is 0 Å². The van der Waals surface area contributed by atoms with Gasteiger partial charge in [-0.1, -0.05) is 11.6 Å². The van der Waals surface area contributed by atoms with Crippen LogP contribution in [0, 0.1) is 10.1 Å². The van der Waals surface area contributed by atoms with Crippen LogP contribution in [-0.4, -0.2) is 16.4 Å². The molecule has 0 N–H and O–H groups in total. The topological polar surface area (TPSA) is 72.6 Å². The zero-order valence-electron chi connectivity index (χ0n) is 9.23. The smallest absolute Gasteiger partial charge is 0.291 e. The van der Waals surface area contributed by atoms with Crippen molar-refractivity contribution in [2.24, 2.45) is 4.99 Å². The van der Waals surface area contributed by atoms with Gasteiger partial charge in [0.15, 0.2) is 11.5 Å². The lowest BCUT2D eigenvalue weighted by Gasteiger charge is -2.17. The molecule has 0 fully saturated rings. The minimum absolute atomic E-state index is 0.0558. The van der Waals surface area contributed by atoms with Gasteiger partial charge in [0.2, 0.25) is 0 Å². The maximum absolute atomic E-state index is 11.5. The number of ketones is 1. The average molecular weight is 253 g/mol. The Morgan fingerprint density at radius 3 is 2.71 bits per heavy atom. The molecular formula is C11H9ClN2O3. The van der Waals surface area contributed by atoms with Gasteiger partial charge in [-0.25, -0.2) is 4.99 Å². The molecule has 1 aromatic carbocycles. The number of benzene rings is 1. The van der Waals surface area contributed by atoms with E-state index in [9.17, 15) is 14.9 Å². The molecule has 0 bridgehead atoms. The standard InChI is InChI=1S/C11H9ClN2O3/c1-6(15)10-11(2,14(16)17)8-5-7(12)3-4-9(8)13-10/h3-5H,1-2H3. The Morgan fingerprint density at radius 2 is 2.18 bits per heavy atom. The number of carbonyl (C=O) groups excluding carboxylic acids is 1. The summed E-state index contributed by atoms with van der Waals surface area (Å²) in [6, 6.07) is 4.65. The fourth-order valence-electron chi connectivity index (χ4n) is 1.96. The summed E-state index contributed by atoms with van der Waals surface area (Å²) in [6.45, 7) is 2.64. The van der Waals surface area contributed by atoms with Gasteiger partial charge in [-0.3, -0.25) is 14.9 Å². The van der Waals surface area contributed by atoms with Crippen LogP contribution >= 0.6 is 11.6 Å². The Morgan fingerprint density at radius 1 is 1.53 bits per heavy atom. The molecule has 17 heavy (non-hydrogen) atoms. The van der Waals surface area contributed by atoms with Gasteiger partial charge in [0.05, 0.1) is 11.3 Å². The summed E-state index contributed by atoms with van der Waals surface area (Å²) in [5.74, 6) is -0.406. The summed E-state index contributed by atoms with van der Waals surface area (Å²) in [5.41, 5.74) is -0.870. The second-order valence-electron chi connectivity index (χ2n) is 4.01. The SMILES string of the molecule is CC(=O)C1=Nc2ccc(Cl)cc2C1(C)[N+](=O)[O-]. The number of halogens is 1. The molecule has 5 nitrogen and oxygen atoms in total. The fraction of sp³-hybridized carbons (Fsp3) is 0.273. The number of carbonyl (C=O) groups is 1. The highest BCUT2D eigenvalue weighted by Gasteiger charge is 2.52. The van der Waals surface area contributed by atoms with Gasteiger partial charge in [0.1, 0.15) is 0 Å². The minimum atomic E-state index is -1.61. The molecule has 0 saturated heterocycles. The van der Waals surface area contributed by atoms with Gasteiger partial charge < -0.3 is 0 Å². The summed E-state index contributed by atoms with van der Waals surface area (Å²) in [5, 5.41) is 11.6. The first-order valence-electron chi connectivity index (χ1n) is 4.92. The zero-order valence-corrected chi connectivity index (χ0v) is 9.99. The van der Waals surface area contributed by atoms with Crippen LogP contribution in [0.3, 0.4) is 0 Å². The Kier molecular flexibility index (Phi) is 2.50. The normalized spacial score (nSPS) is 21.9. The van der Waals surface area contributed by atoms with E-state index in [1.54, 1.807) is 12.1 Å². The number of hydrogen-bond donors (Lipinski definition) is 0. The van der Waals surface area contributed by atoms with Crippen molar-refractivity contribution in [1.82, 2.24) is 0 Å². The lowest BCUT2D eigenvalue weighted by atomic mass is 9.88. The highest BCUT2D eigenvalue weighted by Crippen LogP contribution is 2.41. The number of nitrogens with zero attached hydrogens (tertiary/aromatic N) is 2. The Bertz CT molecular complexity index is 568. The van der Waals surface area contributed by atoms with Gasteiger partial charge in [0.25, 0.3) is 5.54 Å². The van der Waals surface area contributed by atoms with E-state index < -0.39 is 16.2 Å². The third-order valence-electron chi connectivity index (χ3n) is 2.88. The largest absolute Gasteiger partial charge is 0.293 e. The van der Waals surface area contributed by atoms with Gasteiger partial charge in [0, 0.05) is 23.8 Å². The highest BCUT2D eigenvalue weighted by atomic mass is 35.5. The van der Waals surface area contributed by atoms with Gasteiger partial charge in [-0.15, -0.1) is 0 Å².